The van der Waals surface area contributed by atoms with Crippen molar-refractivity contribution in [2.24, 2.45) is 7.05 Å². The summed E-state index contributed by atoms with van der Waals surface area (Å²) >= 11 is 0. The first-order valence-corrected chi connectivity index (χ1v) is 9.19. The fourth-order valence-electron chi connectivity index (χ4n) is 2.87. The van der Waals surface area contributed by atoms with Crippen LogP contribution in [0.15, 0.2) is 49.2 Å². The molecule has 3 heterocycles. The van der Waals surface area contributed by atoms with E-state index in [1.807, 2.05) is 37.5 Å². The Morgan fingerprint density at radius 3 is 2.84 bits per heavy atom. The predicted molar refractivity (Wildman–Crippen MR) is 109 cm³/mol. The lowest BCUT2D eigenvalue weighted by Crippen LogP contribution is -2.14. The van der Waals surface area contributed by atoms with Gasteiger partial charge in [0, 0.05) is 25.4 Å². The summed E-state index contributed by atoms with van der Waals surface area (Å²) in [6, 6.07) is 7.79. The number of carboxylic acids is 1. The minimum atomic E-state index is -1.08. The number of hydrogen-bond donors (Lipinski definition) is 3. The number of carbonyl (C=O) groups is 1. The summed E-state index contributed by atoms with van der Waals surface area (Å²) in [5, 5.41) is 22.6. The molecule has 11 nitrogen and oxygen atoms in total. The number of benzene rings is 1. The summed E-state index contributed by atoms with van der Waals surface area (Å²) in [7, 11) is 1.85. The van der Waals surface area contributed by atoms with Gasteiger partial charge in [-0.05, 0) is 17.2 Å². The molecule has 0 aliphatic rings. The second-order valence-corrected chi connectivity index (χ2v) is 6.61. The maximum Gasteiger partial charge on any atom is 0.325 e. The van der Waals surface area contributed by atoms with Gasteiger partial charge < -0.3 is 10.4 Å². The first-order chi connectivity index (χ1) is 15.0. The van der Waals surface area contributed by atoms with Gasteiger partial charge in [-0.15, -0.1) is 0 Å². The van der Waals surface area contributed by atoms with Crippen LogP contribution in [0.25, 0.3) is 11.1 Å². The Labute approximate surface area is 175 Å². The molecule has 0 spiro atoms. The molecule has 0 saturated heterocycles. The zero-order valence-corrected chi connectivity index (χ0v) is 16.4. The highest BCUT2D eigenvalue weighted by atomic mass is 19.1. The Morgan fingerprint density at radius 2 is 2.06 bits per heavy atom. The third-order valence-corrected chi connectivity index (χ3v) is 4.29. The van der Waals surface area contributed by atoms with E-state index in [4.69, 9.17) is 5.11 Å². The van der Waals surface area contributed by atoms with Crippen LogP contribution in [0.5, 0.6) is 0 Å². The molecule has 0 unspecified atom stereocenters. The van der Waals surface area contributed by atoms with Gasteiger partial charge in [0.2, 0.25) is 11.9 Å². The minimum Gasteiger partial charge on any atom is -0.480 e. The molecule has 31 heavy (non-hydrogen) atoms. The molecule has 0 atom stereocenters. The van der Waals surface area contributed by atoms with E-state index in [1.165, 1.54) is 6.33 Å². The predicted octanol–water partition coefficient (Wildman–Crippen LogP) is 2.05. The molecule has 1 aromatic carbocycles. The van der Waals surface area contributed by atoms with Crippen LogP contribution < -0.4 is 10.6 Å². The average Bonchev–Trinajstić information content (AvgIpc) is 3.37. The smallest absolute Gasteiger partial charge is 0.325 e. The molecular weight excluding hydrogens is 405 g/mol. The summed E-state index contributed by atoms with van der Waals surface area (Å²) in [6.07, 6.45) is 5.90. The number of aryl methyl sites for hydroxylation is 1. The van der Waals surface area contributed by atoms with E-state index in [0.717, 1.165) is 27.6 Å². The largest absolute Gasteiger partial charge is 0.480 e. The van der Waals surface area contributed by atoms with Crippen molar-refractivity contribution in [3.63, 3.8) is 0 Å². The molecule has 4 aromatic rings. The fourth-order valence-corrected chi connectivity index (χ4v) is 2.87. The first kappa shape index (κ1) is 19.9. The number of nitrogens with one attached hydrogen (secondary N) is 2. The maximum absolute atomic E-state index is 14.2. The summed E-state index contributed by atoms with van der Waals surface area (Å²) in [4.78, 5) is 22.8. The van der Waals surface area contributed by atoms with Crippen LogP contribution in [0.2, 0.25) is 0 Å². The summed E-state index contributed by atoms with van der Waals surface area (Å²) in [5.41, 5.74) is 2.90. The van der Waals surface area contributed by atoms with Gasteiger partial charge in [-0.2, -0.15) is 20.2 Å². The number of hydrogen-bond acceptors (Lipinski definition) is 8. The Kier molecular flexibility index (Phi) is 5.51. The van der Waals surface area contributed by atoms with Crippen molar-refractivity contribution in [1.82, 2.24) is 34.5 Å². The van der Waals surface area contributed by atoms with Gasteiger partial charge in [0.25, 0.3) is 0 Å². The van der Waals surface area contributed by atoms with Crippen molar-refractivity contribution in [3.8, 4) is 11.1 Å². The third kappa shape index (κ3) is 4.80. The fraction of sp³-hybridized carbons (Fsp3) is 0.158. The van der Waals surface area contributed by atoms with Crippen molar-refractivity contribution < 1.29 is 14.3 Å². The topological polar surface area (TPSA) is 136 Å². The van der Waals surface area contributed by atoms with E-state index < -0.39 is 11.8 Å². The van der Waals surface area contributed by atoms with Gasteiger partial charge in [-0.3, -0.25) is 14.8 Å². The Morgan fingerprint density at radius 1 is 1.19 bits per heavy atom. The Balaban J connectivity index is 1.47. The number of aliphatic carboxylic acids is 1. The van der Waals surface area contributed by atoms with Crippen LogP contribution in [-0.4, -0.2) is 45.6 Å². The molecule has 4 rings (SSSR count). The zero-order chi connectivity index (χ0) is 21.8. The lowest BCUT2D eigenvalue weighted by Gasteiger charge is -2.10. The molecule has 158 valence electrons. The van der Waals surface area contributed by atoms with Crippen LogP contribution in [0.1, 0.15) is 5.56 Å². The maximum atomic E-state index is 14.2. The van der Waals surface area contributed by atoms with E-state index in [9.17, 15) is 9.18 Å². The average molecular weight is 423 g/mol. The summed E-state index contributed by atoms with van der Waals surface area (Å²) in [6.45, 7) is -0.0570. The molecule has 0 aliphatic heterocycles. The summed E-state index contributed by atoms with van der Waals surface area (Å²) in [5.74, 6) is -1.53. The molecular formula is C19H18FN9O2. The van der Waals surface area contributed by atoms with E-state index in [1.54, 1.807) is 10.9 Å². The van der Waals surface area contributed by atoms with Gasteiger partial charge in [-0.1, -0.05) is 18.2 Å². The molecule has 0 bridgehead atoms. The van der Waals surface area contributed by atoms with Gasteiger partial charge in [0.15, 0.2) is 11.6 Å². The van der Waals surface area contributed by atoms with Crippen LogP contribution in [0.4, 0.5) is 22.1 Å². The highest BCUT2D eigenvalue weighted by Crippen LogP contribution is 2.21. The second-order valence-electron chi connectivity index (χ2n) is 6.61. The first-order valence-electron chi connectivity index (χ1n) is 9.19. The van der Waals surface area contributed by atoms with E-state index in [0.29, 0.717) is 6.54 Å². The molecule has 3 aromatic heterocycles. The lowest BCUT2D eigenvalue weighted by atomic mass is 10.1. The van der Waals surface area contributed by atoms with Crippen molar-refractivity contribution >= 4 is 23.7 Å². The molecule has 0 radical (unpaired) electrons. The number of nitrogens with zero attached hydrogens (tertiary/aromatic N) is 7. The van der Waals surface area contributed by atoms with Crippen LogP contribution in [0, 0.1) is 5.82 Å². The molecule has 0 saturated carbocycles. The van der Waals surface area contributed by atoms with Crippen molar-refractivity contribution in [2.75, 3.05) is 10.6 Å². The number of rotatable bonds is 8. The standard InChI is InChI=1S/C19H18FN9O2/c1-28-9-14(7-24-28)13-4-2-3-12(5-13)6-21-17-15(20)8-22-18(26-17)27-19-23-11-25-29(19)10-16(30)31/h2-5,7-9,11H,6,10H2,1H3,(H,30,31)(H2,21,22,23,25,26,27). The Bertz CT molecular complexity index is 1220. The molecule has 3 N–H and O–H groups in total. The van der Waals surface area contributed by atoms with E-state index in [-0.39, 0.29) is 24.3 Å². The van der Waals surface area contributed by atoms with Crippen molar-refractivity contribution in [1.29, 1.82) is 0 Å². The minimum absolute atomic E-state index is 0.00594. The number of anilines is 3. The number of aromatic nitrogens is 7. The Hall–Kier alpha value is -4.35. The quantitative estimate of drug-likeness (QED) is 0.389. The van der Waals surface area contributed by atoms with Crippen molar-refractivity contribution in [2.45, 2.75) is 13.1 Å². The molecule has 12 heteroatoms. The highest BCUT2D eigenvalue weighted by Gasteiger charge is 2.12. The molecule has 0 fully saturated rings. The normalized spacial score (nSPS) is 10.8. The molecule has 0 amide bonds. The van der Waals surface area contributed by atoms with Crippen molar-refractivity contribution in [3.05, 3.63) is 60.6 Å². The van der Waals surface area contributed by atoms with Gasteiger partial charge in [-0.25, -0.2) is 14.1 Å². The van der Waals surface area contributed by atoms with Gasteiger partial charge in [0.05, 0.1) is 12.4 Å². The SMILES string of the molecule is Cn1cc(-c2cccc(CNc3nc(Nc4ncnn4CC(=O)O)ncc3F)c2)cn1. The van der Waals surface area contributed by atoms with Crippen LogP contribution in [0.3, 0.4) is 0 Å². The number of carboxylic acid groups (broad SMARTS) is 1. The monoisotopic (exact) mass is 423 g/mol. The number of halogens is 1. The van der Waals surface area contributed by atoms with E-state index >= 15 is 0 Å². The lowest BCUT2D eigenvalue weighted by molar-refractivity contribution is -0.137. The van der Waals surface area contributed by atoms with Crippen LogP contribution in [-0.2, 0) is 24.9 Å². The summed E-state index contributed by atoms with van der Waals surface area (Å²) < 4.78 is 17.1. The van der Waals surface area contributed by atoms with Gasteiger partial charge in [0.1, 0.15) is 12.9 Å². The molecule has 0 aliphatic carbocycles. The third-order valence-electron chi connectivity index (χ3n) is 4.29. The second kappa shape index (κ2) is 8.57. The van der Waals surface area contributed by atoms with Gasteiger partial charge >= 0.3 is 5.97 Å². The zero-order valence-electron chi connectivity index (χ0n) is 16.4. The highest BCUT2D eigenvalue weighted by molar-refractivity contribution is 5.67. The van der Waals surface area contributed by atoms with E-state index in [2.05, 4.69) is 35.8 Å². The van der Waals surface area contributed by atoms with Crippen LogP contribution >= 0.6 is 0 Å².